The van der Waals surface area contributed by atoms with Crippen LogP contribution < -0.4 is 0 Å². The first-order chi connectivity index (χ1) is 6.45. The standard InChI is InChI=1S/C11H23NO2/c1-6-12(7-2,8-3)10(9(4)5)11(13)14/h9-10H,6-8H2,1-5H3/p+1. The molecule has 0 radical (unpaired) electrons. The van der Waals surface area contributed by atoms with Gasteiger partial charge in [-0.1, -0.05) is 13.8 Å². The van der Waals surface area contributed by atoms with Gasteiger partial charge in [-0.25, -0.2) is 4.79 Å². The Morgan fingerprint density at radius 1 is 1.14 bits per heavy atom. The number of hydrogen-bond acceptors (Lipinski definition) is 1. The van der Waals surface area contributed by atoms with Crippen molar-refractivity contribution in [1.29, 1.82) is 0 Å². The molecule has 0 bridgehead atoms. The second-order valence-corrected chi connectivity index (χ2v) is 4.19. The van der Waals surface area contributed by atoms with Crippen LogP contribution in [0, 0.1) is 5.92 Å². The number of nitrogens with zero attached hydrogens (tertiary/aromatic N) is 1. The number of quaternary nitrogens is 1. The Kier molecular flexibility index (Phi) is 5.13. The summed E-state index contributed by atoms with van der Waals surface area (Å²) < 4.78 is 0.688. The number of carboxylic acids is 1. The van der Waals surface area contributed by atoms with Crippen molar-refractivity contribution >= 4 is 5.97 Å². The average molecular weight is 202 g/mol. The number of carboxylic acid groups (broad SMARTS) is 1. The molecule has 3 nitrogen and oxygen atoms in total. The van der Waals surface area contributed by atoms with Crippen molar-refractivity contribution in [3.05, 3.63) is 0 Å². The molecule has 1 N–H and O–H groups in total. The topological polar surface area (TPSA) is 37.3 Å². The molecule has 0 amide bonds. The highest BCUT2D eigenvalue weighted by Gasteiger charge is 2.40. The fraction of sp³-hybridized carbons (Fsp3) is 0.909. The maximum Gasteiger partial charge on any atom is 0.362 e. The van der Waals surface area contributed by atoms with Crippen LogP contribution in [0.1, 0.15) is 34.6 Å². The van der Waals surface area contributed by atoms with E-state index in [2.05, 4.69) is 20.8 Å². The minimum Gasteiger partial charge on any atom is -0.477 e. The van der Waals surface area contributed by atoms with Crippen LogP contribution in [0.25, 0.3) is 0 Å². The van der Waals surface area contributed by atoms with Crippen molar-refractivity contribution in [3.8, 4) is 0 Å². The number of carbonyl (C=O) groups is 1. The van der Waals surface area contributed by atoms with E-state index in [1.165, 1.54) is 0 Å². The van der Waals surface area contributed by atoms with Crippen LogP contribution in [0.2, 0.25) is 0 Å². The molecular formula is C11H24NO2+. The van der Waals surface area contributed by atoms with Gasteiger partial charge in [-0.3, -0.25) is 0 Å². The van der Waals surface area contributed by atoms with E-state index >= 15 is 0 Å². The molecule has 1 atom stereocenters. The first-order valence-corrected chi connectivity index (χ1v) is 5.53. The van der Waals surface area contributed by atoms with Crippen molar-refractivity contribution in [3.63, 3.8) is 0 Å². The Bertz CT molecular complexity index is 177. The SMILES string of the molecule is CC[N+](CC)(CC)C(C(=O)O)C(C)C. The molecule has 0 aliphatic heterocycles. The van der Waals surface area contributed by atoms with E-state index in [-0.39, 0.29) is 12.0 Å². The summed E-state index contributed by atoms with van der Waals surface area (Å²) >= 11 is 0. The van der Waals surface area contributed by atoms with E-state index in [9.17, 15) is 9.90 Å². The van der Waals surface area contributed by atoms with Crippen molar-refractivity contribution in [2.75, 3.05) is 19.6 Å². The molecule has 0 heterocycles. The lowest BCUT2D eigenvalue weighted by atomic mass is 9.99. The summed E-state index contributed by atoms with van der Waals surface area (Å²) in [6.45, 7) is 12.9. The van der Waals surface area contributed by atoms with Crippen LogP contribution >= 0.6 is 0 Å². The third kappa shape index (κ3) is 2.47. The summed E-state index contributed by atoms with van der Waals surface area (Å²) in [6, 6.07) is -0.269. The van der Waals surface area contributed by atoms with Crippen LogP contribution in [-0.2, 0) is 4.79 Å². The number of aliphatic carboxylic acids is 1. The summed E-state index contributed by atoms with van der Waals surface area (Å²) in [5, 5.41) is 9.26. The predicted octanol–water partition coefficient (Wildman–Crippen LogP) is 1.97. The largest absolute Gasteiger partial charge is 0.477 e. The second-order valence-electron chi connectivity index (χ2n) is 4.19. The van der Waals surface area contributed by atoms with Gasteiger partial charge >= 0.3 is 5.97 Å². The van der Waals surface area contributed by atoms with Crippen molar-refractivity contribution in [2.45, 2.75) is 40.7 Å². The third-order valence-electron chi connectivity index (χ3n) is 3.36. The predicted molar refractivity (Wildman–Crippen MR) is 58.1 cm³/mol. The van der Waals surface area contributed by atoms with Crippen LogP contribution in [0.4, 0.5) is 0 Å². The monoisotopic (exact) mass is 202 g/mol. The van der Waals surface area contributed by atoms with Crippen LogP contribution in [-0.4, -0.2) is 41.2 Å². The Morgan fingerprint density at radius 2 is 1.50 bits per heavy atom. The second kappa shape index (κ2) is 5.35. The van der Waals surface area contributed by atoms with E-state index in [1.54, 1.807) is 0 Å². The molecule has 0 aromatic rings. The highest BCUT2D eigenvalue weighted by atomic mass is 16.4. The van der Waals surface area contributed by atoms with Gasteiger partial charge in [0.2, 0.25) is 0 Å². The number of likely N-dealkylation sites (N-methyl/N-ethyl adjacent to an activating group) is 1. The summed E-state index contributed by atoms with van der Waals surface area (Å²) in [5.74, 6) is -0.474. The van der Waals surface area contributed by atoms with E-state index in [1.807, 2.05) is 13.8 Å². The molecule has 84 valence electrons. The molecule has 0 aliphatic rings. The Hall–Kier alpha value is -0.570. The maximum atomic E-state index is 11.2. The van der Waals surface area contributed by atoms with Crippen molar-refractivity contribution < 1.29 is 14.4 Å². The highest BCUT2D eigenvalue weighted by molar-refractivity contribution is 5.72. The minimum atomic E-state index is -0.662. The lowest BCUT2D eigenvalue weighted by Gasteiger charge is -2.42. The van der Waals surface area contributed by atoms with E-state index in [0.29, 0.717) is 4.48 Å². The van der Waals surface area contributed by atoms with E-state index in [4.69, 9.17) is 0 Å². The molecule has 14 heavy (non-hydrogen) atoms. The maximum absolute atomic E-state index is 11.2. The smallest absolute Gasteiger partial charge is 0.362 e. The fourth-order valence-electron chi connectivity index (χ4n) is 2.41. The number of rotatable bonds is 6. The van der Waals surface area contributed by atoms with Crippen LogP contribution in [0.3, 0.4) is 0 Å². The third-order valence-corrected chi connectivity index (χ3v) is 3.36. The fourth-order valence-corrected chi connectivity index (χ4v) is 2.41. The molecule has 0 aliphatic carbocycles. The molecule has 0 rings (SSSR count). The normalized spacial score (nSPS) is 14.4. The molecule has 0 saturated heterocycles. The summed E-state index contributed by atoms with van der Waals surface area (Å²) in [5.41, 5.74) is 0. The van der Waals surface area contributed by atoms with Crippen LogP contribution in [0.5, 0.6) is 0 Å². The quantitative estimate of drug-likeness (QED) is 0.669. The summed E-state index contributed by atoms with van der Waals surface area (Å²) in [6.07, 6.45) is 0. The molecule has 0 aromatic carbocycles. The molecule has 0 aromatic heterocycles. The van der Waals surface area contributed by atoms with Gasteiger partial charge in [0.25, 0.3) is 0 Å². The van der Waals surface area contributed by atoms with Gasteiger partial charge in [0.05, 0.1) is 19.6 Å². The Labute approximate surface area is 87.3 Å². The van der Waals surface area contributed by atoms with Gasteiger partial charge in [-0.15, -0.1) is 0 Å². The lowest BCUT2D eigenvalue weighted by molar-refractivity contribution is -0.941. The number of hydrogen-bond donors (Lipinski definition) is 1. The molecular weight excluding hydrogens is 178 g/mol. The first kappa shape index (κ1) is 13.4. The molecule has 3 heteroatoms. The molecule has 0 spiro atoms. The minimum absolute atomic E-state index is 0.187. The van der Waals surface area contributed by atoms with E-state index in [0.717, 1.165) is 19.6 Å². The van der Waals surface area contributed by atoms with Gasteiger partial charge in [0.15, 0.2) is 6.04 Å². The summed E-state index contributed by atoms with van der Waals surface area (Å²) in [7, 11) is 0. The van der Waals surface area contributed by atoms with Gasteiger partial charge < -0.3 is 9.59 Å². The first-order valence-electron chi connectivity index (χ1n) is 5.53. The van der Waals surface area contributed by atoms with Gasteiger partial charge in [-0.2, -0.15) is 0 Å². The lowest BCUT2D eigenvalue weighted by Crippen LogP contribution is -2.60. The highest BCUT2D eigenvalue weighted by Crippen LogP contribution is 2.20. The zero-order valence-electron chi connectivity index (χ0n) is 10.1. The van der Waals surface area contributed by atoms with Crippen molar-refractivity contribution in [1.82, 2.24) is 0 Å². The summed E-state index contributed by atoms with van der Waals surface area (Å²) in [4.78, 5) is 11.2. The molecule has 1 unspecified atom stereocenters. The van der Waals surface area contributed by atoms with Gasteiger partial charge in [-0.05, 0) is 20.8 Å². The van der Waals surface area contributed by atoms with Gasteiger partial charge in [0, 0.05) is 5.92 Å². The Balaban J connectivity index is 5.00. The van der Waals surface area contributed by atoms with Crippen molar-refractivity contribution in [2.24, 2.45) is 5.92 Å². The molecule has 0 saturated carbocycles. The molecule has 0 fully saturated rings. The van der Waals surface area contributed by atoms with E-state index < -0.39 is 5.97 Å². The zero-order chi connectivity index (χ0) is 11.4. The average Bonchev–Trinajstić information content (AvgIpc) is 2.12. The zero-order valence-corrected chi connectivity index (χ0v) is 10.1. The van der Waals surface area contributed by atoms with Crippen LogP contribution in [0.15, 0.2) is 0 Å². The van der Waals surface area contributed by atoms with Gasteiger partial charge in [0.1, 0.15) is 0 Å². The Morgan fingerprint density at radius 3 is 1.57 bits per heavy atom.